The standard InChI is InChI=1S/C15H11ClFN7O3/c1-24-14(27-15(18)26)12(22-23-24)11-9(17)4-8(6-20-11)21-13(25)7-2-3-10(16)19-5-7/h2-6H,1H3,(H2,18,26)(H,21,25). The predicted octanol–water partition coefficient (Wildman–Crippen LogP) is 1.77. The van der Waals surface area contributed by atoms with Crippen molar-refractivity contribution in [1.29, 1.82) is 0 Å². The maximum atomic E-state index is 14.5. The summed E-state index contributed by atoms with van der Waals surface area (Å²) in [4.78, 5) is 30.8. The van der Waals surface area contributed by atoms with Crippen molar-refractivity contribution >= 4 is 29.3 Å². The van der Waals surface area contributed by atoms with Crippen LogP contribution in [-0.2, 0) is 7.05 Å². The molecule has 0 spiro atoms. The van der Waals surface area contributed by atoms with Crippen LogP contribution >= 0.6 is 11.6 Å². The van der Waals surface area contributed by atoms with Crippen molar-refractivity contribution in [2.75, 3.05) is 5.32 Å². The Morgan fingerprint density at radius 3 is 2.67 bits per heavy atom. The van der Waals surface area contributed by atoms with Gasteiger partial charge in [0.15, 0.2) is 11.5 Å². The second-order valence-electron chi connectivity index (χ2n) is 5.17. The van der Waals surface area contributed by atoms with Gasteiger partial charge in [-0.25, -0.2) is 23.8 Å². The average molecular weight is 392 g/mol. The van der Waals surface area contributed by atoms with Gasteiger partial charge in [0.1, 0.15) is 10.8 Å². The minimum absolute atomic E-state index is 0.0949. The first-order chi connectivity index (χ1) is 12.8. The number of nitrogens with zero attached hydrogens (tertiary/aromatic N) is 5. The zero-order valence-corrected chi connectivity index (χ0v) is 14.4. The summed E-state index contributed by atoms with van der Waals surface area (Å²) >= 11 is 5.66. The Morgan fingerprint density at radius 2 is 2.04 bits per heavy atom. The molecule has 27 heavy (non-hydrogen) atoms. The van der Waals surface area contributed by atoms with Gasteiger partial charge in [0.2, 0.25) is 0 Å². The van der Waals surface area contributed by atoms with E-state index in [1.54, 1.807) is 0 Å². The molecule has 2 amide bonds. The number of carbonyl (C=O) groups excluding carboxylic acids is 2. The van der Waals surface area contributed by atoms with Gasteiger partial charge >= 0.3 is 6.09 Å². The lowest BCUT2D eigenvalue weighted by molar-refractivity contribution is 0.102. The lowest BCUT2D eigenvalue weighted by atomic mass is 10.2. The number of aromatic nitrogens is 5. The number of primary amides is 1. The summed E-state index contributed by atoms with van der Waals surface area (Å²) in [5, 5.41) is 10.1. The van der Waals surface area contributed by atoms with E-state index in [9.17, 15) is 14.0 Å². The molecule has 0 fully saturated rings. The predicted molar refractivity (Wildman–Crippen MR) is 91.6 cm³/mol. The number of rotatable bonds is 4. The molecule has 0 atom stereocenters. The molecule has 12 heteroatoms. The monoisotopic (exact) mass is 391 g/mol. The summed E-state index contributed by atoms with van der Waals surface area (Å²) in [6.45, 7) is 0. The molecular formula is C15H11ClFN7O3. The molecule has 138 valence electrons. The molecule has 3 N–H and O–H groups in total. The molecule has 0 aromatic carbocycles. The van der Waals surface area contributed by atoms with E-state index in [2.05, 4.69) is 25.6 Å². The maximum Gasteiger partial charge on any atom is 0.411 e. The van der Waals surface area contributed by atoms with Crippen LogP contribution in [0.2, 0.25) is 5.15 Å². The van der Waals surface area contributed by atoms with E-state index in [1.165, 1.54) is 31.6 Å². The molecule has 0 saturated carbocycles. The molecule has 3 heterocycles. The van der Waals surface area contributed by atoms with Crippen molar-refractivity contribution in [1.82, 2.24) is 25.0 Å². The number of nitrogens with one attached hydrogen (secondary N) is 1. The highest BCUT2D eigenvalue weighted by Crippen LogP contribution is 2.28. The summed E-state index contributed by atoms with van der Waals surface area (Å²) in [6.07, 6.45) is 1.38. The molecule has 0 unspecified atom stereocenters. The van der Waals surface area contributed by atoms with Crippen molar-refractivity contribution in [2.45, 2.75) is 0 Å². The first-order valence-electron chi connectivity index (χ1n) is 7.31. The molecular weight excluding hydrogens is 381 g/mol. The number of carbonyl (C=O) groups is 2. The Morgan fingerprint density at radius 1 is 1.26 bits per heavy atom. The van der Waals surface area contributed by atoms with Crippen LogP contribution in [0.3, 0.4) is 0 Å². The van der Waals surface area contributed by atoms with Crippen LogP contribution in [-0.4, -0.2) is 37.0 Å². The second kappa shape index (κ2) is 7.33. The summed E-state index contributed by atoms with van der Waals surface area (Å²) in [5.41, 5.74) is 4.95. The van der Waals surface area contributed by atoms with Crippen molar-refractivity contribution in [2.24, 2.45) is 12.8 Å². The summed E-state index contributed by atoms with van der Waals surface area (Å²) in [5.74, 6) is -1.51. The van der Waals surface area contributed by atoms with Gasteiger partial charge in [-0.05, 0) is 12.1 Å². The van der Waals surface area contributed by atoms with Crippen molar-refractivity contribution in [3.8, 4) is 17.3 Å². The topological polar surface area (TPSA) is 138 Å². The van der Waals surface area contributed by atoms with Crippen molar-refractivity contribution < 1.29 is 18.7 Å². The third-order valence-corrected chi connectivity index (χ3v) is 3.51. The minimum atomic E-state index is -1.11. The van der Waals surface area contributed by atoms with Gasteiger partial charge in [0.05, 0.1) is 17.4 Å². The van der Waals surface area contributed by atoms with Crippen LogP contribution in [0.15, 0.2) is 30.6 Å². The second-order valence-corrected chi connectivity index (χ2v) is 5.55. The summed E-state index contributed by atoms with van der Waals surface area (Å²) in [7, 11) is 1.43. The minimum Gasteiger partial charge on any atom is -0.389 e. The van der Waals surface area contributed by atoms with Crippen LogP contribution in [0, 0.1) is 5.82 Å². The van der Waals surface area contributed by atoms with E-state index in [0.717, 1.165) is 10.7 Å². The zero-order chi connectivity index (χ0) is 19.6. The number of aryl methyl sites for hydroxylation is 1. The Kier molecular flexibility index (Phi) is 4.94. The first kappa shape index (κ1) is 18.2. The highest BCUT2D eigenvalue weighted by atomic mass is 35.5. The molecule has 0 aliphatic heterocycles. The smallest absolute Gasteiger partial charge is 0.389 e. The fourth-order valence-corrected chi connectivity index (χ4v) is 2.21. The Labute approximate surface area is 156 Å². The maximum absolute atomic E-state index is 14.5. The number of ether oxygens (including phenoxy) is 1. The van der Waals surface area contributed by atoms with E-state index < -0.39 is 17.8 Å². The van der Waals surface area contributed by atoms with E-state index in [-0.39, 0.29) is 33.7 Å². The largest absolute Gasteiger partial charge is 0.411 e. The van der Waals surface area contributed by atoms with Crippen LogP contribution in [0.5, 0.6) is 5.88 Å². The van der Waals surface area contributed by atoms with Gasteiger partial charge < -0.3 is 15.8 Å². The van der Waals surface area contributed by atoms with E-state index in [4.69, 9.17) is 22.1 Å². The van der Waals surface area contributed by atoms with Crippen LogP contribution in [0.25, 0.3) is 11.4 Å². The first-order valence-corrected chi connectivity index (χ1v) is 7.68. The lowest BCUT2D eigenvalue weighted by Gasteiger charge is -2.07. The average Bonchev–Trinajstić information content (AvgIpc) is 2.96. The molecule has 0 aliphatic carbocycles. The SMILES string of the molecule is Cn1nnc(-c2ncc(NC(=O)c3ccc(Cl)nc3)cc2F)c1OC(N)=O. The highest BCUT2D eigenvalue weighted by molar-refractivity contribution is 6.29. The van der Waals surface area contributed by atoms with Gasteiger partial charge in [0.25, 0.3) is 11.8 Å². The van der Waals surface area contributed by atoms with Gasteiger partial charge in [0, 0.05) is 19.3 Å². The number of nitrogens with two attached hydrogens (primary N) is 1. The fourth-order valence-electron chi connectivity index (χ4n) is 2.10. The molecule has 0 aliphatic rings. The van der Waals surface area contributed by atoms with Gasteiger partial charge in [-0.15, -0.1) is 5.10 Å². The molecule has 0 bridgehead atoms. The van der Waals surface area contributed by atoms with Crippen LogP contribution in [0.4, 0.5) is 14.9 Å². The molecule has 3 rings (SSSR count). The number of hydrogen-bond donors (Lipinski definition) is 2. The van der Waals surface area contributed by atoms with Crippen molar-refractivity contribution in [3.05, 3.63) is 47.1 Å². The van der Waals surface area contributed by atoms with Crippen molar-refractivity contribution in [3.63, 3.8) is 0 Å². The fraction of sp³-hybridized carbons (Fsp3) is 0.0667. The third-order valence-electron chi connectivity index (χ3n) is 3.29. The number of halogens is 2. The number of hydrogen-bond acceptors (Lipinski definition) is 7. The summed E-state index contributed by atoms with van der Waals surface area (Å²) < 4.78 is 20.3. The number of amides is 2. The highest BCUT2D eigenvalue weighted by Gasteiger charge is 2.21. The zero-order valence-electron chi connectivity index (χ0n) is 13.7. The summed E-state index contributed by atoms with van der Waals surface area (Å²) in [6, 6.07) is 3.95. The van der Waals surface area contributed by atoms with Crippen LogP contribution < -0.4 is 15.8 Å². The lowest BCUT2D eigenvalue weighted by Crippen LogP contribution is -2.18. The molecule has 10 nitrogen and oxygen atoms in total. The van der Waals surface area contributed by atoms with Gasteiger partial charge in [-0.2, -0.15) is 0 Å². The number of pyridine rings is 2. The molecule has 0 saturated heterocycles. The molecule has 0 radical (unpaired) electrons. The third kappa shape index (κ3) is 3.98. The molecule has 3 aromatic heterocycles. The van der Waals surface area contributed by atoms with E-state index >= 15 is 0 Å². The van der Waals surface area contributed by atoms with E-state index in [1.807, 2.05) is 0 Å². The van der Waals surface area contributed by atoms with E-state index in [0.29, 0.717) is 0 Å². The Balaban J connectivity index is 1.85. The van der Waals surface area contributed by atoms with Gasteiger partial charge in [-0.3, -0.25) is 4.79 Å². The Hall–Kier alpha value is -3.60. The Bertz CT molecular complexity index is 1020. The normalized spacial score (nSPS) is 10.5. The van der Waals surface area contributed by atoms with Crippen LogP contribution in [0.1, 0.15) is 10.4 Å². The number of anilines is 1. The van der Waals surface area contributed by atoms with Gasteiger partial charge in [-0.1, -0.05) is 16.8 Å². The molecule has 3 aromatic rings. The quantitative estimate of drug-likeness (QED) is 0.646.